The Morgan fingerprint density at radius 2 is 1.95 bits per heavy atom. The van der Waals surface area contributed by atoms with E-state index in [1.165, 1.54) is 32.1 Å². The lowest BCUT2D eigenvalue weighted by Gasteiger charge is -2.26. The van der Waals surface area contributed by atoms with E-state index in [-0.39, 0.29) is 18.6 Å². The van der Waals surface area contributed by atoms with E-state index >= 15 is 0 Å². The molecule has 122 valence electrons. The van der Waals surface area contributed by atoms with E-state index < -0.39 is 0 Å². The molecule has 0 radical (unpaired) electrons. The van der Waals surface area contributed by atoms with Crippen molar-refractivity contribution in [3.63, 3.8) is 0 Å². The summed E-state index contributed by atoms with van der Waals surface area (Å²) in [4.78, 5) is 14.6. The molecule has 1 saturated heterocycles. The molecule has 0 spiro atoms. The van der Waals surface area contributed by atoms with Gasteiger partial charge in [-0.15, -0.1) is 0 Å². The van der Waals surface area contributed by atoms with Gasteiger partial charge in [0, 0.05) is 13.1 Å². The quantitative estimate of drug-likeness (QED) is 0.660. The van der Waals surface area contributed by atoms with Crippen LogP contribution in [0.4, 0.5) is 0 Å². The van der Waals surface area contributed by atoms with Gasteiger partial charge in [0.2, 0.25) is 5.91 Å². The molecule has 1 heterocycles. The van der Waals surface area contributed by atoms with Crippen molar-refractivity contribution in [2.24, 2.45) is 5.92 Å². The molecule has 21 heavy (non-hydrogen) atoms. The van der Waals surface area contributed by atoms with Crippen LogP contribution < -0.4 is 5.32 Å². The summed E-state index contributed by atoms with van der Waals surface area (Å²) in [6.45, 7) is 3.64. The summed E-state index contributed by atoms with van der Waals surface area (Å²) in [7, 11) is 0. The van der Waals surface area contributed by atoms with Crippen molar-refractivity contribution < 1.29 is 14.6 Å². The van der Waals surface area contributed by atoms with E-state index in [0.717, 1.165) is 32.5 Å². The third kappa shape index (κ3) is 5.57. The summed E-state index contributed by atoms with van der Waals surface area (Å²) < 4.78 is 5.30. The van der Waals surface area contributed by atoms with Crippen LogP contribution in [0.15, 0.2) is 0 Å². The molecule has 1 atom stereocenters. The molecule has 0 aromatic carbocycles. The van der Waals surface area contributed by atoms with Crippen molar-refractivity contribution in [1.82, 2.24) is 10.2 Å². The fraction of sp³-hybridized carbons (Fsp3) is 0.938. The van der Waals surface area contributed by atoms with Crippen LogP contribution in [0.3, 0.4) is 0 Å². The number of carbonyl (C=O) groups excluding carboxylic acids is 1. The van der Waals surface area contributed by atoms with Crippen molar-refractivity contribution in [1.29, 1.82) is 0 Å². The zero-order valence-corrected chi connectivity index (χ0v) is 13.1. The molecule has 1 unspecified atom stereocenters. The number of carbonyl (C=O) groups is 1. The second-order valence-electron chi connectivity index (χ2n) is 6.28. The van der Waals surface area contributed by atoms with Crippen LogP contribution in [0.5, 0.6) is 0 Å². The first-order valence-corrected chi connectivity index (χ1v) is 8.51. The zero-order chi connectivity index (χ0) is 14.9. The smallest absolute Gasteiger partial charge is 0.237 e. The average molecular weight is 298 g/mol. The van der Waals surface area contributed by atoms with Gasteiger partial charge < -0.3 is 15.2 Å². The van der Waals surface area contributed by atoms with Crippen molar-refractivity contribution in [2.75, 3.05) is 39.5 Å². The molecule has 5 heteroatoms. The highest BCUT2D eigenvalue weighted by atomic mass is 16.5. The van der Waals surface area contributed by atoms with Gasteiger partial charge in [0.05, 0.1) is 25.9 Å². The molecule has 0 aromatic heterocycles. The Morgan fingerprint density at radius 1 is 1.14 bits per heavy atom. The predicted molar refractivity (Wildman–Crippen MR) is 82.1 cm³/mol. The Kier molecular flexibility index (Phi) is 7.47. The number of aliphatic hydroxyl groups is 1. The zero-order valence-electron chi connectivity index (χ0n) is 13.1. The Labute approximate surface area is 128 Å². The first-order valence-electron chi connectivity index (χ1n) is 8.51. The first kappa shape index (κ1) is 16.7. The standard InChI is InChI=1S/C16H30N2O3/c19-10-12-21-11-9-18-8-4-7-15(18)16(20)17-13-14-5-2-1-3-6-14/h14-15,19H,1-13H2,(H,17,20). The number of ether oxygens (including phenoxy) is 1. The van der Waals surface area contributed by atoms with Crippen LogP contribution in [0.1, 0.15) is 44.9 Å². The van der Waals surface area contributed by atoms with Gasteiger partial charge in [-0.3, -0.25) is 9.69 Å². The number of hydrogen-bond acceptors (Lipinski definition) is 4. The van der Waals surface area contributed by atoms with Gasteiger partial charge in [-0.05, 0) is 38.1 Å². The number of nitrogens with zero attached hydrogens (tertiary/aromatic N) is 1. The molecule has 2 rings (SSSR count). The minimum atomic E-state index is 0.0197. The first-order chi connectivity index (χ1) is 10.3. The van der Waals surface area contributed by atoms with Crippen LogP contribution in [0.2, 0.25) is 0 Å². The van der Waals surface area contributed by atoms with Gasteiger partial charge in [-0.1, -0.05) is 19.3 Å². The molecule has 2 aliphatic rings. The number of hydrogen-bond donors (Lipinski definition) is 2. The lowest BCUT2D eigenvalue weighted by Crippen LogP contribution is -2.45. The van der Waals surface area contributed by atoms with E-state index in [9.17, 15) is 4.79 Å². The molecule has 0 bridgehead atoms. The highest BCUT2D eigenvalue weighted by Crippen LogP contribution is 2.23. The van der Waals surface area contributed by atoms with Gasteiger partial charge in [-0.25, -0.2) is 0 Å². The van der Waals surface area contributed by atoms with Crippen molar-refractivity contribution >= 4 is 5.91 Å². The highest BCUT2D eigenvalue weighted by Gasteiger charge is 2.30. The van der Waals surface area contributed by atoms with Crippen molar-refractivity contribution in [3.05, 3.63) is 0 Å². The number of aliphatic hydroxyl groups excluding tert-OH is 1. The third-order valence-electron chi connectivity index (χ3n) is 4.71. The maximum atomic E-state index is 12.4. The Bertz CT molecular complexity index is 306. The third-order valence-corrected chi connectivity index (χ3v) is 4.71. The number of nitrogens with one attached hydrogen (secondary N) is 1. The van der Waals surface area contributed by atoms with E-state index in [1.807, 2.05) is 0 Å². The molecule has 1 amide bonds. The van der Waals surface area contributed by atoms with Gasteiger partial charge in [0.1, 0.15) is 0 Å². The molecule has 1 aliphatic carbocycles. The van der Waals surface area contributed by atoms with Crippen molar-refractivity contribution in [3.8, 4) is 0 Å². The number of amides is 1. The van der Waals surface area contributed by atoms with E-state index in [0.29, 0.717) is 19.1 Å². The second kappa shape index (κ2) is 9.38. The molecular formula is C16H30N2O3. The number of likely N-dealkylation sites (tertiary alicyclic amines) is 1. The highest BCUT2D eigenvalue weighted by molar-refractivity contribution is 5.82. The van der Waals surface area contributed by atoms with E-state index in [4.69, 9.17) is 9.84 Å². The monoisotopic (exact) mass is 298 g/mol. The molecule has 2 fully saturated rings. The topological polar surface area (TPSA) is 61.8 Å². The van der Waals surface area contributed by atoms with Crippen LogP contribution in [0.25, 0.3) is 0 Å². The molecule has 1 saturated carbocycles. The lowest BCUT2D eigenvalue weighted by atomic mass is 9.89. The van der Waals surface area contributed by atoms with Gasteiger partial charge in [0.15, 0.2) is 0 Å². The summed E-state index contributed by atoms with van der Waals surface area (Å²) in [6.07, 6.45) is 8.57. The molecule has 2 N–H and O–H groups in total. The van der Waals surface area contributed by atoms with Crippen LogP contribution in [-0.2, 0) is 9.53 Å². The van der Waals surface area contributed by atoms with Gasteiger partial charge in [-0.2, -0.15) is 0 Å². The fourth-order valence-corrected chi connectivity index (χ4v) is 3.49. The van der Waals surface area contributed by atoms with Crippen molar-refractivity contribution in [2.45, 2.75) is 51.0 Å². The molecule has 5 nitrogen and oxygen atoms in total. The molecule has 0 aromatic rings. The SMILES string of the molecule is O=C(NCC1CCCCC1)C1CCCN1CCOCCO. The predicted octanol–water partition coefficient (Wildman–Crippen LogP) is 1.16. The number of rotatable bonds is 8. The minimum absolute atomic E-state index is 0.0197. The molecule has 1 aliphatic heterocycles. The van der Waals surface area contributed by atoms with E-state index in [2.05, 4.69) is 10.2 Å². The lowest BCUT2D eigenvalue weighted by molar-refractivity contribution is -0.125. The maximum Gasteiger partial charge on any atom is 0.237 e. The van der Waals surface area contributed by atoms with E-state index in [1.54, 1.807) is 0 Å². The summed E-state index contributed by atoms with van der Waals surface area (Å²) in [5.41, 5.74) is 0. The Morgan fingerprint density at radius 3 is 2.71 bits per heavy atom. The Balaban J connectivity index is 1.67. The maximum absolute atomic E-state index is 12.4. The normalized spacial score (nSPS) is 24.3. The van der Waals surface area contributed by atoms with Crippen LogP contribution in [-0.4, -0.2) is 61.4 Å². The average Bonchev–Trinajstić information content (AvgIpc) is 2.99. The minimum Gasteiger partial charge on any atom is -0.394 e. The largest absolute Gasteiger partial charge is 0.394 e. The summed E-state index contributed by atoms with van der Waals surface area (Å²) >= 11 is 0. The van der Waals surface area contributed by atoms with Crippen LogP contribution >= 0.6 is 0 Å². The van der Waals surface area contributed by atoms with Crippen LogP contribution in [0, 0.1) is 5.92 Å². The second-order valence-corrected chi connectivity index (χ2v) is 6.28. The summed E-state index contributed by atoms with van der Waals surface area (Å²) in [5, 5.41) is 11.9. The Hall–Kier alpha value is -0.650. The molecular weight excluding hydrogens is 268 g/mol. The summed E-state index contributed by atoms with van der Waals surface area (Å²) in [6, 6.07) is 0.0197. The fourth-order valence-electron chi connectivity index (χ4n) is 3.49. The van der Waals surface area contributed by atoms with Gasteiger partial charge in [0.25, 0.3) is 0 Å². The van der Waals surface area contributed by atoms with Gasteiger partial charge >= 0.3 is 0 Å². The summed E-state index contributed by atoms with van der Waals surface area (Å²) in [5.74, 6) is 0.880.